The number of nitrogens with one attached hydrogen (secondary N) is 2. The molecule has 0 heterocycles. The molecule has 1 aromatic rings. The second kappa shape index (κ2) is 7.81. The third-order valence-electron chi connectivity index (χ3n) is 6.52. The minimum atomic E-state index is -0.920. The Morgan fingerprint density at radius 2 is 1.54 bits per heavy atom. The lowest BCUT2D eigenvalue weighted by atomic mass is 9.79. The zero-order valence-corrected chi connectivity index (χ0v) is 15.7. The SMILES string of the molecule is O=C(NNC(=O)[C@H]1[C@@H]2CC[C@@H](C2)[C@@H]1C(=O)O)c1ccc(OC2CCCC2)cc1. The Bertz CT molecular complexity index is 757. The van der Waals surface area contributed by atoms with E-state index in [1.807, 2.05) is 0 Å². The molecule has 3 aliphatic carbocycles. The minimum absolute atomic E-state index is 0.0707. The maximum absolute atomic E-state index is 12.5. The molecule has 7 nitrogen and oxygen atoms in total. The van der Waals surface area contributed by atoms with Crippen molar-refractivity contribution in [3.8, 4) is 5.75 Å². The van der Waals surface area contributed by atoms with Crippen LogP contribution in [-0.2, 0) is 9.59 Å². The summed E-state index contributed by atoms with van der Waals surface area (Å²) in [6, 6.07) is 6.82. The zero-order valence-electron chi connectivity index (χ0n) is 15.7. The van der Waals surface area contributed by atoms with E-state index in [1.165, 1.54) is 12.8 Å². The van der Waals surface area contributed by atoms with Crippen LogP contribution in [0.1, 0.15) is 55.3 Å². The molecule has 3 saturated carbocycles. The molecular formula is C21H26N2O5. The summed E-state index contributed by atoms with van der Waals surface area (Å²) in [4.78, 5) is 36.4. The molecule has 0 spiro atoms. The molecule has 0 aliphatic heterocycles. The Morgan fingerprint density at radius 3 is 2.18 bits per heavy atom. The number of rotatable bonds is 5. The van der Waals surface area contributed by atoms with Gasteiger partial charge in [-0.05, 0) is 81.0 Å². The number of carboxylic acid groups (broad SMARTS) is 1. The van der Waals surface area contributed by atoms with Crippen LogP contribution in [0, 0.1) is 23.7 Å². The van der Waals surface area contributed by atoms with Crippen molar-refractivity contribution in [2.45, 2.75) is 51.0 Å². The fourth-order valence-electron chi connectivity index (χ4n) is 5.18. The average molecular weight is 386 g/mol. The molecule has 1 aromatic carbocycles. The number of ether oxygens (including phenoxy) is 1. The molecule has 0 aromatic heterocycles. The molecule has 2 amide bonds. The van der Waals surface area contributed by atoms with Crippen LogP contribution < -0.4 is 15.6 Å². The van der Waals surface area contributed by atoms with E-state index in [2.05, 4.69) is 10.9 Å². The number of carbonyl (C=O) groups excluding carboxylic acids is 2. The van der Waals surface area contributed by atoms with Crippen LogP contribution in [0.4, 0.5) is 0 Å². The molecule has 4 atom stereocenters. The van der Waals surface area contributed by atoms with Gasteiger partial charge in [0.25, 0.3) is 5.91 Å². The molecule has 150 valence electrons. The topological polar surface area (TPSA) is 105 Å². The number of aliphatic carboxylic acids is 1. The van der Waals surface area contributed by atoms with Crippen LogP contribution in [0.25, 0.3) is 0 Å². The van der Waals surface area contributed by atoms with E-state index in [1.54, 1.807) is 24.3 Å². The highest BCUT2D eigenvalue weighted by molar-refractivity contribution is 5.96. The fraction of sp³-hybridized carbons (Fsp3) is 0.571. The molecule has 3 fully saturated rings. The van der Waals surface area contributed by atoms with Crippen molar-refractivity contribution in [1.82, 2.24) is 10.9 Å². The van der Waals surface area contributed by atoms with Gasteiger partial charge >= 0.3 is 5.97 Å². The van der Waals surface area contributed by atoms with E-state index in [4.69, 9.17) is 4.74 Å². The molecule has 0 radical (unpaired) electrons. The van der Waals surface area contributed by atoms with E-state index in [0.29, 0.717) is 5.56 Å². The highest BCUT2D eigenvalue weighted by atomic mass is 16.5. The van der Waals surface area contributed by atoms with Crippen molar-refractivity contribution < 1.29 is 24.2 Å². The molecule has 3 aliphatic rings. The number of hydrogen-bond acceptors (Lipinski definition) is 4. The van der Waals surface area contributed by atoms with Gasteiger partial charge in [0.1, 0.15) is 5.75 Å². The monoisotopic (exact) mass is 386 g/mol. The normalized spacial score (nSPS) is 28.9. The summed E-state index contributed by atoms with van der Waals surface area (Å²) in [6.07, 6.45) is 7.29. The van der Waals surface area contributed by atoms with Crippen molar-refractivity contribution in [1.29, 1.82) is 0 Å². The number of carboxylic acids is 1. The lowest BCUT2D eigenvalue weighted by molar-refractivity contribution is -0.149. The first-order valence-corrected chi connectivity index (χ1v) is 10.1. The highest BCUT2D eigenvalue weighted by Crippen LogP contribution is 2.52. The number of amides is 2. The molecule has 4 rings (SSSR count). The van der Waals surface area contributed by atoms with Gasteiger partial charge in [0, 0.05) is 5.56 Å². The second-order valence-electron chi connectivity index (χ2n) is 8.22. The molecule has 0 saturated heterocycles. The lowest BCUT2D eigenvalue weighted by Gasteiger charge is -2.27. The van der Waals surface area contributed by atoms with Crippen molar-refractivity contribution >= 4 is 17.8 Å². The number of benzene rings is 1. The molecule has 2 bridgehead atoms. The van der Waals surface area contributed by atoms with Crippen LogP contribution in [0.2, 0.25) is 0 Å². The van der Waals surface area contributed by atoms with Crippen LogP contribution >= 0.6 is 0 Å². The van der Waals surface area contributed by atoms with Gasteiger partial charge in [0.05, 0.1) is 17.9 Å². The van der Waals surface area contributed by atoms with Gasteiger partial charge in [0.15, 0.2) is 0 Å². The molecular weight excluding hydrogens is 360 g/mol. The predicted molar refractivity (Wildman–Crippen MR) is 100 cm³/mol. The highest BCUT2D eigenvalue weighted by Gasteiger charge is 2.54. The number of carbonyl (C=O) groups is 3. The standard InChI is InChI=1S/C21H26N2O5/c24-19(12-7-9-16(10-8-12)28-15-3-1-2-4-15)22-23-20(25)17-13-5-6-14(11-13)18(17)21(26)27/h7-10,13-15,17-18H,1-6,11H2,(H,22,24)(H,23,25)(H,26,27)/t13-,14+,17+,18+/m1/s1. The Morgan fingerprint density at radius 1 is 0.893 bits per heavy atom. The molecule has 28 heavy (non-hydrogen) atoms. The van der Waals surface area contributed by atoms with Crippen molar-refractivity contribution in [2.24, 2.45) is 23.7 Å². The fourth-order valence-corrected chi connectivity index (χ4v) is 5.18. The number of fused-ring (bicyclic) bond motifs is 2. The van der Waals surface area contributed by atoms with Gasteiger partial charge in [-0.2, -0.15) is 0 Å². The Labute approximate surface area is 163 Å². The Kier molecular flexibility index (Phi) is 5.24. The van der Waals surface area contributed by atoms with E-state index >= 15 is 0 Å². The number of hydrogen-bond donors (Lipinski definition) is 3. The maximum Gasteiger partial charge on any atom is 0.307 e. The lowest BCUT2D eigenvalue weighted by Crippen LogP contribution is -2.48. The van der Waals surface area contributed by atoms with E-state index in [-0.39, 0.29) is 17.9 Å². The zero-order chi connectivity index (χ0) is 19.7. The Hall–Kier alpha value is -2.57. The maximum atomic E-state index is 12.5. The summed E-state index contributed by atoms with van der Waals surface area (Å²) < 4.78 is 5.88. The third-order valence-corrected chi connectivity index (χ3v) is 6.52. The van der Waals surface area contributed by atoms with Gasteiger partial charge in [-0.15, -0.1) is 0 Å². The minimum Gasteiger partial charge on any atom is -0.490 e. The summed E-state index contributed by atoms with van der Waals surface area (Å²) in [5.41, 5.74) is 5.25. The third kappa shape index (κ3) is 3.70. The van der Waals surface area contributed by atoms with Gasteiger partial charge in [-0.25, -0.2) is 0 Å². The summed E-state index contributed by atoms with van der Waals surface area (Å²) >= 11 is 0. The molecule has 3 N–H and O–H groups in total. The van der Waals surface area contributed by atoms with Gasteiger partial charge in [-0.3, -0.25) is 25.2 Å². The summed E-state index contributed by atoms with van der Waals surface area (Å²) in [7, 11) is 0. The van der Waals surface area contributed by atoms with Crippen LogP contribution in [0.15, 0.2) is 24.3 Å². The first-order valence-electron chi connectivity index (χ1n) is 10.1. The van der Waals surface area contributed by atoms with E-state index in [0.717, 1.165) is 37.9 Å². The van der Waals surface area contributed by atoms with E-state index < -0.39 is 29.6 Å². The largest absolute Gasteiger partial charge is 0.490 e. The van der Waals surface area contributed by atoms with E-state index in [9.17, 15) is 19.5 Å². The van der Waals surface area contributed by atoms with Gasteiger partial charge in [-0.1, -0.05) is 0 Å². The van der Waals surface area contributed by atoms with Crippen molar-refractivity contribution in [2.75, 3.05) is 0 Å². The first-order chi connectivity index (χ1) is 13.5. The van der Waals surface area contributed by atoms with Crippen molar-refractivity contribution in [3.63, 3.8) is 0 Å². The summed E-state index contributed by atoms with van der Waals surface area (Å²) in [5, 5.41) is 9.46. The second-order valence-corrected chi connectivity index (χ2v) is 8.22. The average Bonchev–Trinajstić information content (AvgIpc) is 3.43. The van der Waals surface area contributed by atoms with Crippen LogP contribution in [0.3, 0.4) is 0 Å². The molecule has 7 heteroatoms. The quantitative estimate of drug-likeness (QED) is 0.675. The first kappa shape index (κ1) is 18.8. The van der Waals surface area contributed by atoms with Crippen molar-refractivity contribution in [3.05, 3.63) is 29.8 Å². The summed E-state index contributed by atoms with van der Waals surface area (Å²) in [5.74, 6) is -2.09. The van der Waals surface area contributed by atoms with Gasteiger partial charge < -0.3 is 9.84 Å². The van der Waals surface area contributed by atoms with Gasteiger partial charge in [0.2, 0.25) is 5.91 Å². The Balaban J connectivity index is 1.31. The van der Waals surface area contributed by atoms with Crippen LogP contribution in [0.5, 0.6) is 5.75 Å². The number of hydrazine groups is 1. The smallest absolute Gasteiger partial charge is 0.307 e. The van der Waals surface area contributed by atoms with Crippen LogP contribution in [-0.4, -0.2) is 29.0 Å². The summed E-state index contributed by atoms with van der Waals surface area (Å²) in [6.45, 7) is 0. The predicted octanol–water partition coefficient (Wildman–Crippen LogP) is 2.52. The molecule has 0 unspecified atom stereocenters.